The lowest BCUT2D eigenvalue weighted by atomic mass is 9.83. The number of aromatic nitrogens is 3. The molecule has 4 aliphatic rings. The number of pyridine rings is 1. The van der Waals surface area contributed by atoms with Crippen molar-refractivity contribution >= 4 is 42.7 Å². The highest BCUT2D eigenvalue weighted by Crippen LogP contribution is 2.54. The molecule has 12 heteroatoms. The number of methoxy groups -OCH3 is 1. The maximum absolute atomic E-state index is 14.2. The van der Waals surface area contributed by atoms with Gasteiger partial charge in [0.1, 0.15) is 11.6 Å². The lowest BCUT2D eigenvalue weighted by molar-refractivity contribution is 0.0639. The number of rotatable bonds is 9. The Morgan fingerprint density at radius 1 is 1.14 bits per heavy atom. The molecule has 10 nitrogen and oxygen atoms in total. The van der Waals surface area contributed by atoms with Crippen LogP contribution in [0.25, 0.3) is 15.7 Å². The number of ether oxygens (including phenoxy) is 2. The highest BCUT2D eigenvalue weighted by atomic mass is 32.2. The van der Waals surface area contributed by atoms with E-state index in [2.05, 4.69) is 46.8 Å². The van der Waals surface area contributed by atoms with E-state index in [4.69, 9.17) is 18.9 Å². The SMILES string of the molecule is COc1cccc2c1CC[C@H]2Nc1nccc2cc(C3C(c4nnc(C)o4)=C(CCC4CCOCC4)NC4=C3S(=O)(=O)CC4C(C)C)sc12. The summed E-state index contributed by atoms with van der Waals surface area (Å²) in [5.74, 6) is 2.61. The molecule has 0 bridgehead atoms. The smallest absolute Gasteiger partial charge is 0.246 e. The van der Waals surface area contributed by atoms with Crippen LogP contribution in [0.15, 0.2) is 57.2 Å². The second-order valence-corrected chi connectivity index (χ2v) is 17.2. The van der Waals surface area contributed by atoms with E-state index in [0.29, 0.717) is 22.6 Å². The number of aryl methyl sites for hydroxylation is 1. The first-order valence-electron chi connectivity index (χ1n) is 17.4. The Morgan fingerprint density at radius 3 is 2.73 bits per heavy atom. The fourth-order valence-corrected chi connectivity index (χ4v) is 11.8. The molecule has 1 aliphatic carbocycles. The summed E-state index contributed by atoms with van der Waals surface area (Å²) in [6, 6.07) is 10.5. The van der Waals surface area contributed by atoms with Crippen molar-refractivity contribution in [1.82, 2.24) is 20.5 Å². The van der Waals surface area contributed by atoms with Gasteiger partial charge < -0.3 is 24.5 Å². The van der Waals surface area contributed by atoms with Gasteiger partial charge in [-0.15, -0.1) is 21.5 Å². The number of allylic oxidation sites excluding steroid dienone is 4. The van der Waals surface area contributed by atoms with Gasteiger partial charge in [-0.2, -0.15) is 0 Å². The maximum atomic E-state index is 14.2. The number of dihydropyridines is 1. The van der Waals surface area contributed by atoms with Gasteiger partial charge in [-0.05, 0) is 85.1 Å². The van der Waals surface area contributed by atoms with Crippen LogP contribution in [0.4, 0.5) is 5.82 Å². The molecule has 3 atom stereocenters. The molecule has 6 heterocycles. The molecule has 2 unspecified atom stereocenters. The number of benzene rings is 1. The van der Waals surface area contributed by atoms with Gasteiger partial charge in [0.25, 0.3) is 0 Å². The van der Waals surface area contributed by atoms with Crippen LogP contribution in [0.3, 0.4) is 0 Å². The second-order valence-electron chi connectivity index (χ2n) is 14.1. The van der Waals surface area contributed by atoms with E-state index in [1.54, 1.807) is 25.4 Å². The molecule has 2 N–H and O–H groups in total. The number of fused-ring (bicyclic) bond motifs is 2. The lowest BCUT2D eigenvalue weighted by Gasteiger charge is -2.32. The highest BCUT2D eigenvalue weighted by Gasteiger charge is 2.49. The van der Waals surface area contributed by atoms with Crippen LogP contribution in [0.5, 0.6) is 5.75 Å². The number of nitrogens with one attached hydrogen (secondary N) is 2. The van der Waals surface area contributed by atoms with Crippen LogP contribution in [-0.4, -0.2) is 49.7 Å². The van der Waals surface area contributed by atoms with Gasteiger partial charge in [-0.25, -0.2) is 13.4 Å². The van der Waals surface area contributed by atoms with Gasteiger partial charge in [-0.3, -0.25) is 0 Å². The van der Waals surface area contributed by atoms with Crippen molar-refractivity contribution < 1.29 is 22.3 Å². The predicted molar refractivity (Wildman–Crippen MR) is 191 cm³/mol. The van der Waals surface area contributed by atoms with Crippen molar-refractivity contribution in [2.24, 2.45) is 17.8 Å². The van der Waals surface area contributed by atoms with Crippen molar-refractivity contribution in [3.8, 4) is 5.75 Å². The minimum absolute atomic E-state index is 0.0893. The number of nitrogens with zero attached hydrogens (tertiary/aromatic N) is 3. The molecule has 1 saturated heterocycles. The molecule has 0 amide bonds. The van der Waals surface area contributed by atoms with E-state index >= 15 is 0 Å². The zero-order valence-corrected chi connectivity index (χ0v) is 30.0. The summed E-state index contributed by atoms with van der Waals surface area (Å²) in [7, 11) is -1.88. The average molecular weight is 702 g/mol. The monoisotopic (exact) mass is 701 g/mol. The van der Waals surface area contributed by atoms with Crippen LogP contribution < -0.4 is 15.4 Å². The van der Waals surface area contributed by atoms with Crippen LogP contribution >= 0.6 is 11.3 Å². The second kappa shape index (κ2) is 12.9. The third-order valence-corrected chi connectivity index (χ3v) is 13.9. The van der Waals surface area contributed by atoms with E-state index in [-0.39, 0.29) is 23.6 Å². The summed E-state index contributed by atoms with van der Waals surface area (Å²) in [6.45, 7) is 7.55. The fraction of sp³-hybridized carbons (Fsp3) is 0.486. The molecule has 8 rings (SSSR count). The Kier molecular flexibility index (Phi) is 8.52. The van der Waals surface area contributed by atoms with E-state index in [1.807, 2.05) is 24.4 Å². The molecular weight excluding hydrogens is 659 g/mol. The summed E-state index contributed by atoms with van der Waals surface area (Å²) in [4.78, 5) is 6.18. The summed E-state index contributed by atoms with van der Waals surface area (Å²) >= 11 is 1.60. The fourth-order valence-electron chi connectivity index (χ4n) is 8.18. The molecule has 49 heavy (non-hydrogen) atoms. The standard InChI is InChI=1S/C37H43N5O5S2/c1-20(2)26-19-49(43,44)35-32(31(37-42-41-21(3)47-37)28(39-33(26)35)10-8-22-13-16-46-17-14-22)30-18-23-12-15-38-36(34(23)48-30)40-27-11-9-25-24(27)6-5-7-29(25)45-4/h5-7,12,15,18,20,22,26-27,32,39H,8-11,13-14,16-17,19H2,1-4H3,(H,38,40)/t26?,27-,32?/m1/s1. The minimum Gasteiger partial charge on any atom is -0.496 e. The number of hydrogen-bond donors (Lipinski definition) is 2. The quantitative estimate of drug-likeness (QED) is 0.183. The van der Waals surface area contributed by atoms with Gasteiger partial charge in [0, 0.05) is 54.1 Å². The molecule has 4 aromatic rings. The summed E-state index contributed by atoms with van der Waals surface area (Å²) in [5, 5.41) is 17.2. The van der Waals surface area contributed by atoms with Crippen molar-refractivity contribution in [1.29, 1.82) is 0 Å². The van der Waals surface area contributed by atoms with Crippen molar-refractivity contribution in [2.45, 2.75) is 71.3 Å². The average Bonchev–Trinajstić information content (AvgIpc) is 3.88. The van der Waals surface area contributed by atoms with Crippen LogP contribution in [0, 0.1) is 24.7 Å². The van der Waals surface area contributed by atoms with E-state index in [1.165, 1.54) is 11.1 Å². The zero-order valence-electron chi connectivity index (χ0n) is 28.4. The zero-order chi connectivity index (χ0) is 33.9. The predicted octanol–water partition coefficient (Wildman–Crippen LogP) is 7.31. The van der Waals surface area contributed by atoms with E-state index in [0.717, 1.165) is 95.2 Å². The third-order valence-electron chi connectivity index (χ3n) is 10.7. The molecule has 0 radical (unpaired) electrons. The molecule has 3 aromatic heterocycles. The highest BCUT2D eigenvalue weighted by molar-refractivity contribution is 7.95. The number of sulfone groups is 1. The van der Waals surface area contributed by atoms with E-state index < -0.39 is 15.8 Å². The van der Waals surface area contributed by atoms with Crippen molar-refractivity contribution in [3.63, 3.8) is 0 Å². The number of anilines is 1. The van der Waals surface area contributed by atoms with Gasteiger partial charge >= 0.3 is 0 Å². The first-order valence-corrected chi connectivity index (χ1v) is 19.8. The molecular formula is C37H43N5O5S2. The third kappa shape index (κ3) is 5.85. The summed E-state index contributed by atoms with van der Waals surface area (Å²) in [6.07, 6.45) is 7.47. The van der Waals surface area contributed by atoms with Gasteiger partial charge in [0.2, 0.25) is 11.8 Å². The summed E-state index contributed by atoms with van der Waals surface area (Å²) in [5.41, 5.74) is 5.04. The number of thiophene rings is 1. The topological polar surface area (TPSA) is 128 Å². The number of hydrogen-bond acceptors (Lipinski definition) is 11. The lowest BCUT2D eigenvalue weighted by Crippen LogP contribution is -2.29. The first-order chi connectivity index (χ1) is 23.7. The Morgan fingerprint density at radius 2 is 1.98 bits per heavy atom. The first kappa shape index (κ1) is 32.5. The minimum atomic E-state index is -3.60. The Hall–Kier alpha value is -3.74. The van der Waals surface area contributed by atoms with Crippen molar-refractivity contribution in [3.05, 3.63) is 80.6 Å². The van der Waals surface area contributed by atoms with Crippen LogP contribution in [0.1, 0.15) is 85.7 Å². The van der Waals surface area contributed by atoms with Gasteiger partial charge in [-0.1, -0.05) is 26.0 Å². The molecule has 1 fully saturated rings. The van der Waals surface area contributed by atoms with Crippen LogP contribution in [0.2, 0.25) is 0 Å². The Labute approximate surface area is 291 Å². The van der Waals surface area contributed by atoms with Gasteiger partial charge in [0.05, 0.1) is 34.4 Å². The molecule has 0 spiro atoms. The van der Waals surface area contributed by atoms with Crippen LogP contribution in [-0.2, 0) is 21.0 Å². The van der Waals surface area contributed by atoms with Crippen molar-refractivity contribution in [2.75, 3.05) is 31.4 Å². The summed E-state index contributed by atoms with van der Waals surface area (Å²) < 4.78 is 46.9. The Balaban J connectivity index is 1.25. The molecule has 0 saturated carbocycles. The normalized spacial score (nSPS) is 23.7. The Bertz CT molecular complexity index is 2070. The maximum Gasteiger partial charge on any atom is 0.246 e. The van der Waals surface area contributed by atoms with Gasteiger partial charge in [0.15, 0.2) is 9.84 Å². The molecule has 3 aliphatic heterocycles. The molecule has 1 aromatic carbocycles. The largest absolute Gasteiger partial charge is 0.496 e. The molecule has 258 valence electrons. The van der Waals surface area contributed by atoms with E-state index in [9.17, 15) is 8.42 Å².